The molecule has 1 aromatic heterocycles. The Hall–Kier alpha value is -3.34. The van der Waals surface area contributed by atoms with E-state index in [-0.39, 0.29) is 24.1 Å². The molecule has 3 aromatic rings. The molecular weight excluding hydrogens is 415 g/mol. The molecule has 2 aliphatic heterocycles. The third kappa shape index (κ3) is 2.77. The van der Waals surface area contributed by atoms with Crippen LogP contribution in [-0.4, -0.2) is 17.0 Å². The van der Waals surface area contributed by atoms with Crippen molar-refractivity contribution in [3.05, 3.63) is 69.0 Å². The lowest BCUT2D eigenvalue weighted by atomic mass is 9.83. The Morgan fingerprint density at radius 3 is 2.76 bits per heavy atom. The molecule has 7 nitrogen and oxygen atoms in total. The summed E-state index contributed by atoms with van der Waals surface area (Å²) >= 11 is 12.5. The molecule has 0 saturated heterocycles. The first-order valence-corrected chi connectivity index (χ1v) is 9.33. The number of aromatic amines is 1. The number of nitriles is 1. The summed E-state index contributed by atoms with van der Waals surface area (Å²) in [5.41, 5.74) is 9.02. The number of rotatable bonds is 2. The fourth-order valence-electron chi connectivity index (χ4n) is 3.56. The molecule has 0 fully saturated rings. The molecule has 2 aromatic carbocycles. The van der Waals surface area contributed by atoms with E-state index in [2.05, 4.69) is 16.3 Å². The molecule has 0 saturated carbocycles. The summed E-state index contributed by atoms with van der Waals surface area (Å²) in [5, 5.41) is 17.9. The first-order valence-electron chi connectivity index (χ1n) is 8.57. The predicted octanol–water partition coefficient (Wildman–Crippen LogP) is 4.33. The van der Waals surface area contributed by atoms with Crippen molar-refractivity contribution in [2.75, 3.05) is 6.79 Å². The first kappa shape index (κ1) is 17.7. The fraction of sp³-hybridized carbons (Fsp3) is 0.100. The average Bonchev–Trinajstić information content (AvgIpc) is 3.33. The van der Waals surface area contributed by atoms with E-state index in [1.54, 1.807) is 18.2 Å². The third-order valence-corrected chi connectivity index (χ3v) is 5.44. The molecule has 5 rings (SSSR count). The summed E-state index contributed by atoms with van der Waals surface area (Å²) in [6.45, 7) is 0.170. The van der Waals surface area contributed by atoms with Crippen LogP contribution < -0.4 is 19.9 Å². The van der Waals surface area contributed by atoms with Crippen molar-refractivity contribution >= 4 is 23.2 Å². The minimum absolute atomic E-state index is 0.0141. The second kappa shape index (κ2) is 6.62. The summed E-state index contributed by atoms with van der Waals surface area (Å²) in [6.07, 6.45) is 0. The number of ether oxygens (including phenoxy) is 3. The van der Waals surface area contributed by atoms with Crippen LogP contribution in [-0.2, 0) is 0 Å². The van der Waals surface area contributed by atoms with Crippen LogP contribution in [0.5, 0.6) is 17.4 Å². The van der Waals surface area contributed by atoms with Gasteiger partial charge in [-0.2, -0.15) is 5.26 Å². The molecule has 29 heavy (non-hydrogen) atoms. The maximum Gasteiger partial charge on any atom is 0.244 e. The van der Waals surface area contributed by atoms with Gasteiger partial charge in [-0.3, -0.25) is 5.10 Å². The second-order valence-corrected chi connectivity index (χ2v) is 7.32. The smallest absolute Gasteiger partial charge is 0.244 e. The number of nitrogens with one attached hydrogen (secondary N) is 1. The first-order chi connectivity index (χ1) is 14.1. The van der Waals surface area contributed by atoms with Gasteiger partial charge in [0.15, 0.2) is 11.5 Å². The van der Waals surface area contributed by atoms with E-state index < -0.39 is 5.92 Å². The summed E-state index contributed by atoms with van der Waals surface area (Å²) in [4.78, 5) is 0. The molecular formula is C20H12Cl2N4O3. The van der Waals surface area contributed by atoms with Crippen LogP contribution in [0.15, 0.2) is 47.9 Å². The van der Waals surface area contributed by atoms with Gasteiger partial charge in [0.25, 0.3) is 0 Å². The summed E-state index contributed by atoms with van der Waals surface area (Å²) in [5.74, 6) is 0.981. The zero-order valence-corrected chi connectivity index (χ0v) is 16.2. The van der Waals surface area contributed by atoms with Crippen molar-refractivity contribution in [2.45, 2.75) is 5.92 Å². The van der Waals surface area contributed by atoms with Gasteiger partial charge in [-0.25, -0.2) is 0 Å². The van der Waals surface area contributed by atoms with Crippen molar-refractivity contribution in [3.8, 4) is 34.7 Å². The monoisotopic (exact) mass is 426 g/mol. The quantitative estimate of drug-likeness (QED) is 0.631. The van der Waals surface area contributed by atoms with Crippen LogP contribution >= 0.6 is 23.2 Å². The van der Waals surface area contributed by atoms with Crippen molar-refractivity contribution in [1.82, 2.24) is 10.2 Å². The molecule has 2 aliphatic rings. The lowest BCUT2D eigenvalue weighted by Gasteiger charge is -2.25. The summed E-state index contributed by atoms with van der Waals surface area (Å²) in [7, 11) is 0. The molecule has 0 radical (unpaired) electrons. The zero-order chi connectivity index (χ0) is 20.1. The molecule has 3 N–H and O–H groups in total. The van der Waals surface area contributed by atoms with Crippen molar-refractivity contribution in [2.24, 2.45) is 5.73 Å². The Morgan fingerprint density at radius 2 is 1.97 bits per heavy atom. The Kier molecular flexibility index (Phi) is 4.05. The molecule has 0 amide bonds. The average molecular weight is 427 g/mol. The number of H-pyrrole nitrogens is 1. The number of hydrogen-bond acceptors (Lipinski definition) is 6. The minimum Gasteiger partial charge on any atom is -0.454 e. The number of nitrogens with two attached hydrogens (primary N) is 1. The van der Waals surface area contributed by atoms with Gasteiger partial charge in [0, 0.05) is 15.6 Å². The van der Waals surface area contributed by atoms with E-state index in [0.29, 0.717) is 38.4 Å². The number of hydrogen-bond donors (Lipinski definition) is 2. The summed E-state index contributed by atoms with van der Waals surface area (Å²) in [6, 6.07) is 12.8. The highest BCUT2D eigenvalue weighted by atomic mass is 35.5. The number of halogens is 2. The predicted molar refractivity (Wildman–Crippen MR) is 106 cm³/mol. The van der Waals surface area contributed by atoms with E-state index in [9.17, 15) is 5.26 Å². The van der Waals surface area contributed by atoms with Gasteiger partial charge in [0.2, 0.25) is 18.6 Å². The van der Waals surface area contributed by atoms with E-state index >= 15 is 0 Å². The summed E-state index contributed by atoms with van der Waals surface area (Å²) < 4.78 is 16.5. The number of nitrogens with zero attached hydrogens (tertiary/aromatic N) is 2. The van der Waals surface area contributed by atoms with Crippen molar-refractivity contribution in [1.29, 1.82) is 5.26 Å². The Bertz CT molecular complexity index is 1230. The van der Waals surface area contributed by atoms with Gasteiger partial charge >= 0.3 is 0 Å². The highest BCUT2D eigenvalue weighted by Gasteiger charge is 2.37. The zero-order valence-electron chi connectivity index (χ0n) is 14.7. The topological polar surface area (TPSA) is 106 Å². The normalized spacial score (nSPS) is 16.9. The molecule has 144 valence electrons. The van der Waals surface area contributed by atoms with E-state index in [1.165, 1.54) is 0 Å². The Labute approximate surface area is 175 Å². The van der Waals surface area contributed by atoms with Crippen LogP contribution in [0, 0.1) is 11.3 Å². The Balaban J connectivity index is 1.73. The van der Waals surface area contributed by atoms with Gasteiger partial charge in [-0.05, 0) is 35.9 Å². The van der Waals surface area contributed by atoms with Crippen LogP contribution in [0.2, 0.25) is 10.0 Å². The molecule has 0 aliphatic carbocycles. The third-order valence-electron chi connectivity index (χ3n) is 4.87. The largest absolute Gasteiger partial charge is 0.454 e. The van der Waals surface area contributed by atoms with Crippen molar-refractivity contribution in [3.63, 3.8) is 0 Å². The van der Waals surface area contributed by atoms with Crippen LogP contribution in [0.3, 0.4) is 0 Å². The number of aromatic nitrogens is 2. The SMILES string of the molecule is N#CC1=C(N)Oc2n[nH]c(-c3ccc4c(c3)OCO4)c2[C@@H]1c1ccc(Cl)cc1Cl. The van der Waals surface area contributed by atoms with Crippen LogP contribution in [0.1, 0.15) is 17.0 Å². The number of fused-ring (bicyclic) bond motifs is 2. The van der Waals surface area contributed by atoms with E-state index in [1.807, 2.05) is 18.2 Å². The maximum atomic E-state index is 9.79. The molecule has 0 unspecified atom stereocenters. The molecule has 3 heterocycles. The van der Waals surface area contributed by atoms with Gasteiger partial charge in [0.05, 0.1) is 17.2 Å². The van der Waals surface area contributed by atoms with Gasteiger partial charge in [-0.15, -0.1) is 5.10 Å². The molecule has 9 heteroatoms. The second-order valence-electron chi connectivity index (χ2n) is 6.48. The number of allylic oxidation sites excluding steroid dienone is 1. The highest BCUT2D eigenvalue weighted by molar-refractivity contribution is 6.35. The minimum atomic E-state index is -0.576. The van der Waals surface area contributed by atoms with Crippen LogP contribution in [0.25, 0.3) is 11.3 Å². The lowest BCUT2D eigenvalue weighted by molar-refractivity contribution is 0.174. The van der Waals surface area contributed by atoms with Gasteiger partial charge in [0.1, 0.15) is 11.6 Å². The fourth-order valence-corrected chi connectivity index (χ4v) is 4.08. The van der Waals surface area contributed by atoms with Gasteiger partial charge in [-0.1, -0.05) is 29.3 Å². The Morgan fingerprint density at radius 1 is 1.14 bits per heavy atom. The standard InChI is InChI=1S/C20H12Cl2N4O3/c21-10-2-3-11(13(22)6-10)16-12(7-23)19(24)29-20-17(16)18(25-26-20)9-1-4-14-15(5-9)28-8-27-14/h1-6,16H,8,24H2,(H,25,26)/t16-/m1/s1. The maximum absolute atomic E-state index is 9.79. The van der Waals surface area contributed by atoms with Crippen molar-refractivity contribution < 1.29 is 14.2 Å². The highest BCUT2D eigenvalue weighted by Crippen LogP contribution is 2.48. The molecule has 1 atom stereocenters. The number of benzene rings is 2. The lowest BCUT2D eigenvalue weighted by Crippen LogP contribution is -2.21. The van der Waals surface area contributed by atoms with E-state index in [4.69, 9.17) is 43.1 Å². The van der Waals surface area contributed by atoms with Crippen LogP contribution in [0.4, 0.5) is 0 Å². The van der Waals surface area contributed by atoms with Gasteiger partial charge < -0.3 is 19.9 Å². The molecule has 0 spiro atoms. The molecule has 0 bridgehead atoms. The van der Waals surface area contributed by atoms with E-state index in [0.717, 1.165) is 5.56 Å².